The van der Waals surface area contributed by atoms with Crippen molar-refractivity contribution in [3.63, 3.8) is 0 Å². The van der Waals surface area contributed by atoms with E-state index in [9.17, 15) is 14.4 Å². The number of hydrogen-bond donors (Lipinski definition) is 3. The van der Waals surface area contributed by atoms with Crippen LogP contribution in [0.3, 0.4) is 0 Å². The van der Waals surface area contributed by atoms with Crippen LogP contribution in [0.4, 0.5) is 11.4 Å². The van der Waals surface area contributed by atoms with E-state index >= 15 is 0 Å². The standard InChI is InChI=1S/C20H17N3O5/c21-18(24)12-28-14-9-7-13(8-10-14)22-19(25)15-4-1-2-5-16(15)23-20(26)17-6-3-11-27-17/h1-11H,12H2,(H2,21,24)(H,22,25)(H,23,26). The van der Waals surface area contributed by atoms with Crippen LogP contribution in [0.25, 0.3) is 0 Å². The smallest absolute Gasteiger partial charge is 0.291 e. The van der Waals surface area contributed by atoms with Crippen LogP contribution < -0.4 is 21.1 Å². The Balaban J connectivity index is 1.69. The summed E-state index contributed by atoms with van der Waals surface area (Å²) in [6.45, 7) is -0.228. The van der Waals surface area contributed by atoms with Crippen molar-refractivity contribution in [2.45, 2.75) is 0 Å². The molecule has 0 saturated heterocycles. The molecule has 0 aliphatic rings. The highest BCUT2D eigenvalue weighted by molar-refractivity contribution is 6.11. The Hall–Kier alpha value is -4.07. The van der Waals surface area contributed by atoms with Crippen LogP contribution in [0.2, 0.25) is 0 Å². The van der Waals surface area contributed by atoms with Gasteiger partial charge in [0, 0.05) is 5.69 Å². The SMILES string of the molecule is NC(=O)COc1ccc(NC(=O)c2ccccc2NC(=O)c2ccco2)cc1. The Morgan fingerprint density at radius 2 is 1.64 bits per heavy atom. The highest BCUT2D eigenvalue weighted by Crippen LogP contribution is 2.20. The summed E-state index contributed by atoms with van der Waals surface area (Å²) >= 11 is 0. The molecule has 0 aliphatic carbocycles. The summed E-state index contributed by atoms with van der Waals surface area (Å²) in [5.74, 6) is -0.849. The van der Waals surface area contributed by atoms with E-state index in [1.54, 1.807) is 54.6 Å². The highest BCUT2D eigenvalue weighted by Gasteiger charge is 2.15. The van der Waals surface area contributed by atoms with E-state index in [1.165, 1.54) is 12.3 Å². The van der Waals surface area contributed by atoms with Crippen LogP contribution in [0.1, 0.15) is 20.9 Å². The summed E-state index contributed by atoms with van der Waals surface area (Å²) in [6, 6.07) is 16.2. The van der Waals surface area contributed by atoms with Crippen LogP contribution in [-0.4, -0.2) is 24.3 Å². The van der Waals surface area contributed by atoms with Gasteiger partial charge in [-0.3, -0.25) is 14.4 Å². The molecule has 3 amide bonds. The van der Waals surface area contributed by atoms with Gasteiger partial charge in [0.15, 0.2) is 12.4 Å². The largest absolute Gasteiger partial charge is 0.484 e. The second-order valence-corrected chi connectivity index (χ2v) is 5.71. The highest BCUT2D eigenvalue weighted by atomic mass is 16.5. The molecule has 0 unspecified atom stereocenters. The summed E-state index contributed by atoms with van der Waals surface area (Å²) in [4.78, 5) is 35.5. The fourth-order valence-corrected chi connectivity index (χ4v) is 2.37. The average molecular weight is 379 g/mol. The number of carbonyl (C=O) groups excluding carboxylic acids is 3. The molecular formula is C20H17N3O5. The third-order valence-electron chi connectivity index (χ3n) is 3.66. The van der Waals surface area contributed by atoms with Crippen molar-refractivity contribution >= 4 is 29.1 Å². The van der Waals surface area contributed by atoms with Crippen molar-refractivity contribution in [3.8, 4) is 5.75 Å². The maximum Gasteiger partial charge on any atom is 0.291 e. The molecule has 0 atom stereocenters. The molecule has 0 radical (unpaired) electrons. The second kappa shape index (κ2) is 8.54. The number of hydrogen-bond acceptors (Lipinski definition) is 5. The van der Waals surface area contributed by atoms with Crippen molar-refractivity contribution in [2.24, 2.45) is 5.73 Å². The average Bonchev–Trinajstić information content (AvgIpc) is 3.23. The molecule has 0 fully saturated rings. The molecule has 3 rings (SSSR count). The number of para-hydroxylation sites is 1. The van der Waals surface area contributed by atoms with Gasteiger partial charge in [-0.25, -0.2) is 0 Å². The molecule has 0 aliphatic heterocycles. The molecule has 3 aromatic rings. The van der Waals surface area contributed by atoms with Crippen LogP contribution in [0.15, 0.2) is 71.3 Å². The van der Waals surface area contributed by atoms with Gasteiger partial charge in [-0.2, -0.15) is 0 Å². The first-order valence-corrected chi connectivity index (χ1v) is 8.29. The molecule has 1 aromatic heterocycles. The molecule has 8 nitrogen and oxygen atoms in total. The van der Waals surface area contributed by atoms with Crippen LogP contribution >= 0.6 is 0 Å². The lowest BCUT2D eigenvalue weighted by molar-refractivity contribution is -0.119. The second-order valence-electron chi connectivity index (χ2n) is 5.71. The Kier molecular flexibility index (Phi) is 5.71. The van der Waals surface area contributed by atoms with Gasteiger partial charge in [-0.15, -0.1) is 0 Å². The van der Waals surface area contributed by atoms with Crippen molar-refractivity contribution in [3.05, 3.63) is 78.3 Å². The number of rotatable bonds is 7. The Bertz CT molecular complexity index is 981. The maximum absolute atomic E-state index is 12.6. The fraction of sp³-hybridized carbons (Fsp3) is 0.0500. The lowest BCUT2D eigenvalue weighted by Crippen LogP contribution is -2.20. The number of amides is 3. The molecule has 0 bridgehead atoms. The van der Waals surface area contributed by atoms with Gasteiger partial charge in [0.05, 0.1) is 17.5 Å². The van der Waals surface area contributed by atoms with Gasteiger partial charge >= 0.3 is 0 Å². The zero-order valence-corrected chi connectivity index (χ0v) is 14.7. The summed E-state index contributed by atoms with van der Waals surface area (Å²) in [5.41, 5.74) is 6.18. The van der Waals surface area contributed by atoms with Gasteiger partial charge in [-0.05, 0) is 48.5 Å². The van der Waals surface area contributed by atoms with E-state index in [0.29, 0.717) is 17.1 Å². The third-order valence-corrected chi connectivity index (χ3v) is 3.66. The first-order chi connectivity index (χ1) is 13.5. The minimum Gasteiger partial charge on any atom is -0.484 e. The number of nitrogens with one attached hydrogen (secondary N) is 2. The summed E-state index contributed by atoms with van der Waals surface area (Å²) < 4.78 is 10.2. The number of anilines is 2. The molecule has 0 spiro atoms. The molecular weight excluding hydrogens is 362 g/mol. The number of furan rings is 1. The van der Waals surface area contributed by atoms with E-state index in [-0.39, 0.29) is 17.9 Å². The summed E-state index contributed by atoms with van der Waals surface area (Å²) in [6.07, 6.45) is 1.39. The van der Waals surface area contributed by atoms with E-state index in [0.717, 1.165) is 0 Å². The molecule has 142 valence electrons. The zero-order chi connectivity index (χ0) is 19.9. The first kappa shape index (κ1) is 18.7. The maximum atomic E-state index is 12.6. The van der Waals surface area contributed by atoms with Gasteiger partial charge in [0.25, 0.3) is 17.7 Å². The van der Waals surface area contributed by atoms with E-state index in [2.05, 4.69) is 10.6 Å². The summed E-state index contributed by atoms with van der Waals surface area (Å²) in [5, 5.41) is 5.40. The molecule has 8 heteroatoms. The van der Waals surface area contributed by atoms with Crippen molar-refractivity contribution < 1.29 is 23.5 Å². The number of nitrogens with two attached hydrogens (primary N) is 1. The van der Waals surface area contributed by atoms with Crippen molar-refractivity contribution in [1.82, 2.24) is 0 Å². The Labute approximate surface area is 160 Å². The van der Waals surface area contributed by atoms with E-state index in [4.69, 9.17) is 14.9 Å². The van der Waals surface area contributed by atoms with Crippen molar-refractivity contribution in [2.75, 3.05) is 17.2 Å². The van der Waals surface area contributed by atoms with Gasteiger partial charge in [-0.1, -0.05) is 12.1 Å². The van der Waals surface area contributed by atoms with Crippen LogP contribution in [0, 0.1) is 0 Å². The Morgan fingerprint density at radius 1 is 0.893 bits per heavy atom. The van der Waals surface area contributed by atoms with Gasteiger partial charge < -0.3 is 25.5 Å². The summed E-state index contributed by atoms with van der Waals surface area (Å²) in [7, 11) is 0. The normalized spacial score (nSPS) is 10.1. The van der Waals surface area contributed by atoms with E-state index in [1.807, 2.05) is 0 Å². The Morgan fingerprint density at radius 3 is 2.32 bits per heavy atom. The number of benzene rings is 2. The zero-order valence-electron chi connectivity index (χ0n) is 14.7. The molecule has 28 heavy (non-hydrogen) atoms. The predicted molar refractivity (Wildman–Crippen MR) is 102 cm³/mol. The first-order valence-electron chi connectivity index (χ1n) is 8.29. The number of ether oxygens (including phenoxy) is 1. The lowest BCUT2D eigenvalue weighted by Gasteiger charge is -2.11. The lowest BCUT2D eigenvalue weighted by atomic mass is 10.1. The molecule has 1 heterocycles. The quantitative estimate of drug-likeness (QED) is 0.582. The fourth-order valence-electron chi connectivity index (χ4n) is 2.37. The minimum absolute atomic E-state index is 0.141. The topological polar surface area (TPSA) is 124 Å². The number of carbonyl (C=O) groups is 3. The minimum atomic E-state index is -0.578. The van der Waals surface area contributed by atoms with Gasteiger partial charge in [0.2, 0.25) is 0 Å². The van der Waals surface area contributed by atoms with Crippen molar-refractivity contribution in [1.29, 1.82) is 0 Å². The van der Waals surface area contributed by atoms with Crippen LogP contribution in [0.5, 0.6) is 5.75 Å². The molecule has 0 saturated carbocycles. The predicted octanol–water partition coefficient (Wildman–Crippen LogP) is 2.65. The molecule has 2 aromatic carbocycles. The third kappa shape index (κ3) is 4.76. The van der Waals surface area contributed by atoms with Crippen LogP contribution in [-0.2, 0) is 4.79 Å². The molecule has 4 N–H and O–H groups in total. The number of primary amides is 1. The van der Waals surface area contributed by atoms with E-state index < -0.39 is 17.7 Å². The monoisotopic (exact) mass is 379 g/mol. The van der Waals surface area contributed by atoms with Gasteiger partial charge in [0.1, 0.15) is 5.75 Å².